The maximum Gasteiger partial charge on any atom is 0.350 e. The van der Waals surface area contributed by atoms with E-state index < -0.39 is 5.97 Å². The lowest BCUT2D eigenvalue weighted by Crippen LogP contribution is -2.32. The van der Waals surface area contributed by atoms with Crippen LogP contribution in [0.15, 0.2) is 24.3 Å². The van der Waals surface area contributed by atoms with E-state index in [-0.39, 0.29) is 18.4 Å². The van der Waals surface area contributed by atoms with Crippen LogP contribution in [0.2, 0.25) is 0 Å². The highest BCUT2D eigenvalue weighted by atomic mass is 32.1. The summed E-state index contributed by atoms with van der Waals surface area (Å²) >= 11 is 1.19. The maximum absolute atomic E-state index is 12.5. The Hall–Kier alpha value is -4.26. The number of fused-ring (bicyclic) bond motifs is 1. The molecule has 0 bridgehead atoms. The van der Waals surface area contributed by atoms with Gasteiger partial charge in [-0.25, -0.2) is 9.78 Å². The summed E-state index contributed by atoms with van der Waals surface area (Å²) in [4.78, 5) is 52.9. The van der Waals surface area contributed by atoms with Crippen molar-refractivity contribution in [3.63, 3.8) is 0 Å². The first kappa shape index (κ1) is 31.7. The van der Waals surface area contributed by atoms with E-state index in [1.165, 1.54) is 18.3 Å². The zero-order valence-corrected chi connectivity index (χ0v) is 26.2. The van der Waals surface area contributed by atoms with Crippen molar-refractivity contribution in [3.05, 3.63) is 51.5 Å². The number of nitrogens with zero attached hydrogens (tertiary/aromatic N) is 4. The second kappa shape index (κ2) is 14.8. The van der Waals surface area contributed by atoms with Crippen molar-refractivity contribution in [1.82, 2.24) is 25.6 Å². The number of esters is 1. The second-order valence-corrected chi connectivity index (χ2v) is 11.7. The Morgan fingerprint density at radius 2 is 1.84 bits per heavy atom. The molecule has 0 spiro atoms. The van der Waals surface area contributed by atoms with Crippen LogP contribution < -0.4 is 26.2 Å². The Labute approximate surface area is 256 Å². The molecule has 0 atom stereocenters. The van der Waals surface area contributed by atoms with Crippen LogP contribution in [-0.4, -0.2) is 65.5 Å². The molecular weight excluding hydrogens is 568 g/mol. The third-order valence-corrected chi connectivity index (χ3v) is 7.72. The van der Waals surface area contributed by atoms with E-state index in [4.69, 9.17) is 14.7 Å². The van der Waals surface area contributed by atoms with Crippen molar-refractivity contribution in [1.29, 1.82) is 0 Å². The summed E-state index contributed by atoms with van der Waals surface area (Å²) in [6.45, 7) is 12.4. The van der Waals surface area contributed by atoms with Gasteiger partial charge in [-0.15, -0.1) is 0 Å². The van der Waals surface area contributed by atoms with Gasteiger partial charge in [-0.1, -0.05) is 37.3 Å². The van der Waals surface area contributed by atoms with Gasteiger partial charge in [-0.05, 0) is 50.3 Å². The Balaban J connectivity index is 1.58. The van der Waals surface area contributed by atoms with Crippen LogP contribution in [-0.2, 0) is 22.5 Å². The van der Waals surface area contributed by atoms with Gasteiger partial charge in [-0.2, -0.15) is 9.97 Å². The van der Waals surface area contributed by atoms with Crippen molar-refractivity contribution in [2.24, 2.45) is 5.92 Å². The second-order valence-electron chi connectivity index (χ2n) is 10.7. The summed E-state index contributed by atoms with van der Waals surface area (Å²) in [5, 5.41) is 12.8. The van der Waals surface area contributed by atoms with Crippen LogP contribution >= 0.6 is 11.3 Å². The van der Waals surface area contributed by atoms with Crippen LogP contribution in [0.5, 0.6) is 0 Å². The molecule has 0 aliphatic carbocycles. The number of aryl methyl sites for hydroxylation is 1. The lowest BCUT2D eigenvalue weighted by atomic mass is 10.0. The topological polar surface area (TPSA) is 150 Å². The average molecular weight is 609 g/mol. The maximum atomic E-state index is 12.5. The molecule has 3 heterocycles. The molecule has 2 amide bonds. The number of carbonyl (C=O) groups excluding carboxylic acids is 3. The summed E-state index contributed by atoms with van der Waals surface area (Å²) in [6, 6.07) is 7.65. The smallest absolute Gasteiger partial charge is 0.350 e. The molecule has 4 rings (SSSR count). The van der Waals surface area contributed by atoms with E-state index in [0.717, 1.165) is 36.3 Å². The van der Waals surface area contributed by atoms with Crippen LogP contribution in [0.3, 0.4) is 0 Å². The highest BCUT2D eigenvalue weighted by molar-refractivity contribution is 7.17. The average Bonchev–Trinajstić information content (AvgIpc) is 3.34. The van der Waals surface area contributed by atoms with Gasteiger partial charge >= 0.3 is 5.97 Å². The number of benzene rings is 1. The Morgan fingerprint density at radius 3 is 2.53 bits per heavy atom. The molecule has 0 radical (unpaired) electrons. The van der Waals surface area contributed by atoms with Gasteiger partial charge in [0, 0.05) is 50.8 Å². The van der Waals surface area contributed by atoms with Gasteiger partial charge in [0.05, 0.1) is 12.3 Å². The van der Waals surface area contributed by atoms with Gasteiger partial charge in [0.15, 0.2) is 5.13 Å². The zero-order chi connectivity index (χ0) is 30.9. The van der Waals surface area contributed by atoms with Crippen molar-refractivity contribution < 1.29 is 19.1 Å². The van der Waals surface area contributed by atoms with E-state index in [0.29, 0.717) is 65.1 Å². The molecule has 2 aromatic heterocycles. The summed E-state index contributed by atoms with van der Waals surface area (Å²) in [7, 11) is 0. The van der Waals surface area contributed by atoms with Crippen molar-refractivity contribution in [2.75, 3.05) is 48.3 Å². The highest BCUT2D eigenvalue weighted by Gasteiger charge is 2.25. The van der Waals surface area contributed by atoms with Crippen LogP contribution in [0.1, 0.15) is 71.0 Å². The Bertz CT molecular complexity index is 1440. The van der Waals surface area contributed by atoms with Gasteiger partial charge in [-0.3, -0.25) is 14.9 Å². The van der Waals surface area contributed by atoms with E-state index in [9.17, 15) is 14.4 Å². The van der Waals surface area contributed by atoms with Crippen LogP contribution in [0.4, 0.5) is 22.7 Å². The standard InChI is InChI=1S/C30H40N8O4S/c1-6-42-28(41)24-19(4)34-30(43-24)37-29-35-25(32-14-13-31-20(5)39)23-8-7-15-38(26(23)36-29)17-21-9-11-22(12-10-21)27(40)33-16-18(2)3/h9-12,18H,6-8,13-17H2,1-5H3,(H,31,39)(H,33,40)(H2,32,34,35,36,37). The summed E-state index contributed by atoms with van der Waals surface area (Å²) < 4.78 is 5.15. The highest BCUT2D eigenvalue weighted by Crippen LogP contribution is 2.34. The fourth-order valence-electron chi connectivity index (χ4n) is 4.60. The normalized spacial score (nSPS) is 12.5. The molecule has 1 aromatic carbocycles. The van der Waals surface area contributed by atoms with Crippen molar-refractivity contribution in [2.45, 2.75) is 54.0 Å². The van der Waals surface area contributed by atoms with E-state index in [1.807, 2.05) is 24.3 Å². The van der Waals surface area contributed by atoms with Crippen LogP contribution in [0.25, 0.3) is 0 Å². The first-order valence-electron chi connectivity index (χ1n) is 14.6. The van der Waals surface area contributed by atoms with Gasteiger partial charge < -0.3 is 25.6 Å². The molecule has 3 aromatic rings. The molecule has 1 aliphatic heterocycles. The van der Waals surface area contributed by atoms with Crippen LogP contribution in [0, 0.1) is 12.8 Å². The molecule has 43 heavy (non-hydrogen) atoms. The number of amides is 2. The first-order chi connectivity index (χ1) is 20.6. The van der Waals surface area contributed by atoms with Gasteiger partial charge in [0.2, 0.25) is 11.9 Å². The molecule has 0 saturated carbocycles. The molecule has 13 heteroatoms. The molecule has 4 N–H and O–H groups in total. The number of aromatic nitrogens is 3. The number of hydrogen-bond donors (Lipinski definition) is 4. The third-order valence-electron chi connectivity index (χ3n) is 6.67. The number of hydrogen-bond acceptors (Lipinski definition) is 11. The van der Waals surface area contributed by atoms with E-state index in [1.54, 1.807) is 13.8 Å². The number of rotatable bonds is 13. The molecular formula is C30H40N8O4S. The van der Waals surface area contributed by atoms with Gasteiger partial charge in [0.1, 0.15) is 16.5 Å². The predicted molar refractivity (Wildman–Crippen MR) is 168 cm³/mol. The monoisotopic (exact) mass is 608 g/mol. The predicted octanol–water partition coefficient (Wildman–Crippen LogP) is 4.05. The fourth-order valence-corrected chi connectivity index (χ4v) is 5.46. The SMILES string of the molecule is CCOC(=O)c1sc(Nc2nc(NCCNC(C)=O)c3c(n2)N(Cc2ccc(C(=O)NCC(C)C)cc2)CCC3)nc1C. The number of anilines is 4. The molecule has 1 aliphatic rings. The van der Waals surface area contributed by atoms with E-state index >= 15 is 0 Å². The van der Waals surface area contributed by atoms with Gasteiger partial charge in [0.25, 0.3) is 5.91 Å². The zero-order valence-electron chi connectivity index (χ0n) is 25.4. The number of carbonyl (C=O) groups is 3. The molecule has 0 saturated heterocycles. The third kappa shape index (κ3) is 8.63. The van der Waals surface area contributed by atoms with Crippen molar-refractivity contribution in [3.8, 4) is 0 Å². The molecule has 230 valence electrons. The lowest BCUT2D eigenvalue weighted by Gasteiger charge is -2.31. The summed E-state index contributed by atoms with van der Waals surface area (Å²) in [6.07, 6.45) is 1.72. The minimum atomic E-state index is -0.410. The molecule has 0 fully saturated rings. The lowest BCUT2D eigenvalue weighted by molar-refractivity contribution is -0.118. The minimum Gasteiger partial charge on any atom is -0.462 e. The fraction of sp³-hybridized carbons (Fsp3) is 0.467. The van der Waals surface area contributed by atoms with Crippen molar-refractivity contribution >= 4 is 51.8 Å². The number of nitrogens with one attached hydrogen (secondary N) is 4. The first-order valence-corrected chi connectivity index (χ1v) is 15.4. The quantitative estimate of drug-likeness (QED) is 0.165. The summed E-state index contributed by atoms with van der Waals surface area (Å²) in [5.41, 5.74) is 3.24. The Morgan fingerprint density at radius 1 is 1.07 bits per heavy atom. The number of ether oxygens (including phenoxy) is 1. The number of thiazole rings is 1. The van der Waals surface area contributed by atoms with E-state index in [2.05, 4.69) is 45.0 Å². The summed E-state index contributed by atoms with van der Waals surface area (Å²) in [5.74, 6) is 1.61. The largest absolute Gasteiger partial charge is 0.462 e. The molecule has 12 nitrogen and oxygen atoms in total. The molecule has 0 unspecified atom stereocenters. The minimum absolute atomic E-state index is 0.0782. The Kier molecular flexibility index (Phi) is 10.9.